The number of hydrogen-bond donors (Lipinski definition) is 1. The second-order valence-electron chi connectivity index (χ2n) is 6.79. The van der Waals surface area contributed by atoms with Crippen molar-refractivity contribution in [3.63, 3.8) is 0 Å². The summed E-state index contributed by atoms with van der Waals surface area (Å²) in [6.45, 7) is 3.12. The Hall–Kier alpha value is -2.58. The Bertz CT molecular complexity index is 927. The predicted molar refractivity (Wildman–Crippen MR) is 117 cm³/mol. The number of nitriles is 1. The number of hydrogen-bond acceptors (Lipinski definition) is 4. The summed E-state index contributed by atoms with van der Waals surface area (Å²) in [7, 11) is 0. The monoisotopic (exact) mass is 387 g/mol. The molecule has 0 aromatic heterocycles. The Morgan fingerprint density at radius 1 is 0.821 bits per heavy atom. The number of nitrogens with two attached hydrogens (primary N) is 1. The molecule has 0 atom stereocenters. The fourth-order valence-electron chi connectivity index (χ4n) is 3.22. The standard InChI is InChI=1S/C24H25N3S/c1-28-24-5-3-2-4-23(24)18-27(16-21-10-6-19(14-25)7-11-21)17-22-12-8-20(15-26)9-13-22/h2-13H,14,16-18,25H2,1H3. The molecule has 3 aromatic carbocycles. The first-order chi connectivity index (χ1) is 13.7. The average Bonchev–Trinajstić information content (AvgIpc) is 2.75. The molecule has 3 aromatic rings. The molecule has 0 fully saturated rings. The third kappa shape index (κ3) is 5.46. The van der Waals surface area contributed by atoms with E-state index in [1.54, 1.807) is 11.8 Å². The van der Waals surface area contributed by atoms with Crippen LogP contribution in [0.15, 0.2) is 77.7 Å². The molecule has 4 heteroatoms. The molecule has 0 bridgehead atoms. The Balaban J connectivity index is 1.82. The first kappa shape index (κ1) is 20.2. The maximum absolute atomic E-state index is 9.03. The summed E-state index contributed by atoms with van der Waals surface area (Å²) in [5, 5.41) is 9.03. The van der Waals surface area contributed by atoms with Gasteiger partial charge in [-0.05, 0) is 46.7 Å². The molecule has 0 aliphatic rings. The minimum atomic E-state index is 0.566. The lowest BCUT2D eigenvalue weighted by molar-refractivity contribution is 0.246. The van der Waals surface area contributed by atoms with Gasteiger partial charge in [0, 0.05) is 31.1 Å². The van der Waals surface area contributed by atoms with Crippen LogP contribution in [0.3, 0.4) is 0 Å². The molecule has 28 heavy (non-hydrogen) atoms. The zero-order chi connectivity index (χ0) is 19.8. The lowest BCUT2D eigenvalue weighted by Gasteiger charge is -2.24. The largest absolute Gasteiger partial charge is 0.326 e. The Morgan fingerprint density at radius 3 is 1.96 bits per heavy atom. The van der Waals surface area contributed by atoms with E-state index in [1.807, 2.05) is 24.3 Å². The quantitative estimate of drug-likeness (QED) is 0.556. The molecule has 0 unspecified atom stereocenters. The van der Waals surface area contributed by atoms with Crippen LogP contribution < -0.4 is 5.73 Å². The molecule has 0 aliphatic heterocycles. The summed E-state index contributed by atoms with van der Waals surface area (Å²) in [4.78, 5) is 3.75. The van der Waals surface area contributed by atoms with Crippen LogP contribution in [-0.2, 0) is 26.2 Å². The van der Waals surface area contributed by atoms with Crippen molar-refractivity contribution in [2.45, 2.75) is 31.1 Å². The van der Waals surface area contributed by atoms with Crippen LogP contribution in [-0.4, -0.2) is 11.2 Å². The first-order valence-electron chi connectivity index (χ1n) is 9.33. The van der Waals surface area contributed by atoms with Crippen LogP contribution in [0.5, 0.6) is 0 Å². The molecule has 0 saturated carbocycles. The molecule has 0 radical (unpaired) electrons. The van der Waals surface area contributed by atoms with E-state index in [9.17, 15) is 0 Å². The van der Waals surface area contributed by atoms with Crippen LogP contribution in [0.25, 0.3) is 0 Å². The molecule has 0 aliphatic carbocycles. The van der Waals surface area contributed by atoms with Gasteiger partial charge in [-0.3, -0.25) is 4.90 Å². The lowest BCUT2D eigenvalue weighted by atomic mass is 10.1. The van der Waals surface area contributed by atoms with Gasteiger partial charge >= 0.3 is 0 Å². The smallest absolute Gasteiger partial charge is 0.0991 e. The molecule has 2 N–H and O–H groups in total. The first-order valence-corrected chi connectivity index (χ1v) is 10.6. The highest BCUT2D eigenvalue weighted by Gasteiger charge is 2.11. The third-order valence-corrected chi connectivity index (χ3v) is 5.58. The molecular weight excluding hydrogens is 362 g/mol. The van der Waals surface area contributed by atoms with Crippen molar-refractivity contribution in [2.75, 3.05) is 6.26 Å². The van der Waals surface area contributed by atoms with Crippen molar-refractivity contribution in [1.29, 1.82) is 5.26 Å². The van der Waals surface area contributed by atoms with E-state index in [-0.39, 0.29) is 0 Å². The summed E-state index contributed by atoms with van der Waals surface area (Å²) < 4.78 is 0. The predicted octanol–water partition coefficient (Wildman–Crippen LogP) is 4.94. The summed E-state index contributed by atoms with van der Waals surface area (Å²) in [5.74, 6) is 0. The van der Waals surface area contributed by atoms with Crippen LogP contribution in [0.2, 0.25) is 0 Å². The molecule has 0 heterocycles. The van der Waals surface area contributed by atoms with Gasteiger partial charge in [-0.2, -0.15) is 5.26 Å². The molecule has 0 saturated heterocycles. The summed E-state index contributed by atoms with van der Waals surface area (Å²) in [6.07, 6.45) is 2.12. The Labute approximate surface area is 171 Å². The highest BCUT2D eigenvalue weighted by atomic mass is 32.2. The Morgan fingerprint density at radius 2 is 1.39 bits per heavy atom. The van der Waals surface area contributed by atoms with E-state index in [4.69, 9.17) is 11.0 Å². The van der Waals surface area contributed by atoms with Crippen LogP contribution in [0.1, 0.15) is 27.8 Å². The minimum absolute atomic E-state index is 0.566. The van der Waals surface area contributed by atoms with E-state index < -0.39 is 0 Å². The lowest BCUT2D eigenvalue weighted by Crippen LogP contribution is -2.22. The zero-order valence-electron chi connectivity index (χ0n) is 16.1. The van der Waals surface area contributed by atoms with Gasteiger partial charge < -0.3 is 5.73 Å². The van der Waals surface area contributed by atoms with E-state index in [0.717, 1.165) is 25.2 Å². The van der Waals surface area contributed by atoms with Gasteiger partial charge in [0.05, 0.1) is 11.6 Å². The summed E-state index contributed by atoms with van der Waals surface area (Å²) >= 11 is 1.78. The van der Waals surface area contributed by atoms with Gasteiger partial charge in [-0.1, -0.05) is 54.6 Å². The summed E-state index contributed by atoms with van der Waals surface area (Å²) in [6, 6.07) is 27.2. The highest BCUT2D eigenvalue weighted by molar-refractivity contribution is 7.98. The second kappa shape index (κ2) is 10.1. The SMILES string of the molecule is CSc1ccccc1CN(Cc1ccc(C#N)cc1)Cc1ccc(CN)cc1. The van der Waals surface area contributed by atoms with E-state index in [1.165, 1.54) is 21.6 Å². The van der Waals surface area contributed by atoms with Crippen LogP contribution in [0, 0.1) is 11.3 Å². The minimum Gasteiger partial charge on any atom is -0.326 e. The van der Waals surface area contributed by atoms with Gasteiger partial charge in [-0.25, -0.2) is 0 Å². The number of nitrogens with zero attached hydrogens (tertiary/aromatic N) is 2. The van der Waals surface area contributed by atoms with E-state index >= 15 is 0 Å². The molecule has 0 spiro atoms. The van der Waals surface area contributed by atoms with Crippen LogP contribution in [0.4, 0.5) is 0 Å². The van der Waals surface area contributed by atoms with Crippen molar-refractivity contribution in [3.05, 3.63) is 101 Å². The van der Waals surface area contributed by atoms with Crippen molar-refractivity contribution in [2.24, 2.45) is 5.73 Å². The molecule has 142 valence electrons. The van der Waals surface area contributed by atoms with Crippen molar-refractivity contribution in [3.8, 4) is 6.07 Å². The summed E-state index contributed by atoms with van der Waals surface area (Å²) in [5.41, 5.74) is 11.4. The zero-order valence-corrected chi connectivity index (χ0v) is 17.0. The molecule has 0 amide bonds. The normalized spacial score (nSPS) is 10.8. The van der Waals surface area contributed by atoms with E-state index in [0.29, 0.717) is 12.1 Å². The fraction of sp³-hybridized carbons (Fsp3) is 0.208. The molecule has 3 nitrogen and oxygen atoms in total. The maximum Gasteiger partial charge on any atom is 0.0991 e. The van der Waals surface area contributed by atoms with Gasteiger partial charge in [0.2, 0.25) is 0 Å². The number of benzene rings is 3. The molecule has 3 rings (SSSR count). The highest BCUT2D eigenvalue weighted by Crippen LogP contribution is 2.23. The van der Waals surface area contributed by atoms with Gasteiger partial charge in [0.15, 0.2) is 0 Å². The fourth-order valence-corrected chi connectivity index (χ4v) is 3.83. The Kier molecular flexibility index (Phi) is 7.27. The topological polar surface area (TPSA) is 53.0 Å². The van der Waals surface area contributed by atoms with Crippen molar-refractivity contribution in [1.82, 2.24) is 4.90 Å². The second-order valence-corrected chi connectivity index (χ2v) is 7.63. The number of rotatable bonds is 8. The van der Waals surface area contributed by atoms with Gasteiger partial charge in [-0.15, -0.1) is 11.8 Å². The average molecular weight is 388 g/mol. The third-order valence-electron chi connectivity index (χ3n) is 4.74. The van der Waals surface area contributed by atoms with Gasteiger partial charge in [0.25, 0.3) is 0 Å². The van der Waals surface area contributed by atoms with E-state index in [2.05, 4.69) is 65.8 Å². The number of thioether (sulfide) groups is 1. The van der Waals surface area contributed by atoms with Crippen LogP contribution >= 0.6 is 11.8 Å². The van der Waals surface area contributed by atoms with Gasteiger partial charge in [0.1, 0.15) is 0 Å². The maximum atomic E-state index is 9.03. The molecular formula is C24H25N3S. The van der Waals surface area contributed by atoms with Crippen molar-refractivity contribution >= 4 is 11.8 Å². The van der Waals surface area contributed by atoms with Crippen molar-refractivity contribution < 1.29 is 0 Å².